The molecule has 0 atom stereocenters. The lowest BCUT2D eigenvalue weighted by molar-refractivity contribution is -0.384. The van der Waals surface area contributed by atoms with E-state index in [1.165, 1.54) is 6.42 Å². The summed E-state index contributed by atoms with van der Waals surface area (Å²) in [6, 6.07) is 0. The van der Waals surface area contributed by atoms with Gasteiger partial charge in [-0.2, -0.15) is 4.98 Å². The van der Waals surface area contributed by atoms with Crippen LogP contribution in [0.1, 0.15) is 32.1 Å². The highest BCUT2D eigenvalue weighted by Gasteiger charge is 2.32. The fourth-order valence-electron chi connectivity index (χ4n) is 2.58. The third-order valence-electron chi connectivity index (χ3n) is 3.82. The molecule has 0 saturated heterocycles. The second kappa shape index (κ2) is 6.32. The van der Waals surface area contributed by atoms with Crippen LogP contribution in [0, 0.1) is 15.5 Å². The van der Waals surface area contributed by atoms with Crippen LogP contribution in [0.5, 0.6) is 0 Å². The van der Waals surface area contributed by atoms with Gasteiger partial charge in [0.25, 0.3) is 0 Å². The number of aliphatic hydroxyl groups excluding tert-OH is 1. The first-order chi connectivity index (χ1) is 9.56. The predicted octanol–water partition coefficient (Wildman–Crippen LogP) is 2.39. The van der Waals surface area contributed by atoms with Crippen LogP contribution in [-0.4, -0.2) is 33.1 Å². The molecule has 2 rings (SSSR count). The summed E-state index contributed by atoms with van der Waals surface area (Å²) in [7, 11) is 0. The first kappa shape index (κ1) is 14.9. The molecular formula is C12H17ClN4O3. The van der Waals surface area contributed by atoms with Crippen LogP contribution in [0.4, 0.5) is 11.5 Å². The largest absolute Gasteiger partial charge is 0.396 e. The van der Waals surface area contributed by atoms with Crippen molar-refractivity contribution in [3.63, 3.8) is 0 Å². The highest BCUT2D eigenvalue weighted by Crippen LogP contribution is 2.36. The van der Waals surface area contributed by atoms with Crippen molar-refractivity contribution in [3.05, 3.63) is 21.6 Å². The molecule has 0 amide bonds. The average Bonchev–Trinajstić information content (AvgIpc) is 2.46. The number of nitro groups is 1. The van der Waals surface area contributed by atoms with E-state index in [0.29, 0.717) is 6.54 Å². The van der Waals surface area contributed by atoms with Crippen LogP contribution in [0.2, 0.25) is 5.28 Å². The number of aliphatic hydroxyl groups is 1. The van der Waals surface area contributed by atoms with Crippen molar-refractivity contribution in [2.75, 3.05) is 18.5 Å². The van der Waals surface area contributed by atoms with Crippen molar-refractivity contribution >= 4 is 23.1 Å². The van der Waals surface area contributed by atoms with Crippen LogP contribution in [0.3, 0.4) is 0 Å². The SMILES string of the molecule is O=[N+]([O-])c1cnc(Cl)nc1NCC1(CO)CCCCC1. The van der Waals surface area contributed by atoms with E-state index < -0.39 is 4.92 Å². The minimum atomic E-state index is -0.550. The summed E-state index contributed by atoms with van der Waals surface area (Å²) < 4.78 is 0. The summed E-state index contributed by atoms with van der Waals surface area (Å²) in [5.74, 6) is 0.105. The van der Waals surface area contributed by atoms with Crippen LogP contribution < -0.4 is 5.32 Å². The van der Waals surface area contributed by atoms with Gasteiger partial charge in [-0.25, -0.2) is 4.98 Å². The molecule has 1 fully saturated rings. The van der Waals surface area contributed by atoms with Crippen LogP contribution >= 0.6 is 11.6 Å². The van der Waals surface area contributed by atoms with E-state index in [1.54, 1.807) is 0 Å². The molecule has 0 bridgehead atoms. The first-order valence-corrected chi connectivity index (χ1v) is 6.96. The Labute approximate surface area is 121 Å². The molecule has 0 radical (unpaired) electrons. The van der Waals surface area contributed by atoms with Gasteiger partial charge in [0.15, 0.2) is 0 Å². The Morgan fingerprint density at radius 3 is 2.75 bits per heavy atom. The van der Waals surface area contributed by atoms with Gasteiger partial charge in [-0.15, -0.1) is 0 Å². The van der Waals surface area contributed by atoms with Gasteiger partial charge in [-0.3, -0.25) is 10.1 Å². The van der Waals surface area contributed by atoms with E-state index in [2.05, 4.69) is 15.3 Å². The molecule has 1 aromatic heterocycles. The summed E-state index contributed by atoms with van der Waals surface area (Å²) in [6.45, 7) is 0.504. The Balaban J connectivity index is 2.13. The molecule has 0 aromatic carbocycles. The summed E-state index contributed by atoms with van der Waals surface area (Å²) in [6.07, 6.45) is 6.20. The fraction of sp³-hybridized carbons (Fsp3) is 0.667. The number of nitrogens with one attached hydrogen (secondary N) is 1. The highest BCUT2D eigenvalue weighted by molar-refractivity contribution is 6.28. The molecule has 2 N–H and O–H groups in total. The minimum Gasteiger partial charge on any atom is -0.396 e. The lowest BCUT2D eigenvalue weighted by atomic mass is 9.74. The topological polar surface area (TPSA) is 101 Å². The summed E-state index contributed by atoms with van der Waals surface area (Å²) in [5, 5.41) is 23.5. The first-order valence-electron chi connectivity index (χ1n) is 6.58. The van der Waals surface area contributed by atoms with Gasteiger partial charge < -0.3 is 10.4 Å². The molecule has 8 heteroatoms. The average molecular weight is 301 g/mol. The Bertz CT molecular complexity index is 492. The number of hydrogen-bond donors (Lipinski definition) is 2. The second-order valence-corrected chi connectivity index (χ2v) is 5.54. The number of nitrogens with zero attached hydrogens (tertiary/aromatic N) is 3. The maximum atomic E-state index is 10.9. The molecule has 20 heavy (non-hydrogen) atoms. The Morgan fingerprint density at radius 2 is 2.15 bits per heavy atom. The summed E-state index contributed by atoms with van der Waals surface area (Å²) in [5.41, 5.74) is -0.443. The Hall–Kier alpha value is -1.47. The normalized spacial score (nSPS) is 17.7. The molecule has 0 aliphatic heterocycles. The van der Waals surface area contributed by atoms with Crippen LogP contribution in [-0.2, 0) is 0 Å². The molecular weight excluding hydrogens is 284 g/mol. The second-order valence-electron chi connectivity index (χ2n) is 5.20. The van der Waals surface area contributed by atoms with E-state index in [1.807, 2.05) is 0 Å². The van der Waals surface area contributed by atoms with E-state index in [0.717, 1.165) is 31.9 Å². The number of rotatable bonds is 5. The van der Waals surface area contributed by atoms with Gasteiger partial charge in [0.1, 0.15) is 6.20 Å². The number of anilines is 1. The van der Waals surface area contributed by atoms with Gasteiger partial charge >= 0.3 is 5.69 Å². The Kier molecular flexibility index (Phi) is 4.72. The molecule has 1 saturated carbocycles. The van der Waals surface area contributed by atoms with Gasteiger partial charge in [-0.1, -0.05) is 19.3 Å². The van der Waals surface area contributed by atoms with E-state index in [9.17, 15) is 15.2 Å². The van der Waals surface area contributed by atoms with Crippen molar-refractivity contribution in [2.24, 2.45) is 5.41 Å². The minimum absolute atomic E-state index is 0.0419. The zero-order valence-corrected chi connectivity index (χ0v) is 11.8. The van der Waals surface area contributed by atoms with E-state index >= 15 is 0 Å². The van der Waals surface area contributed by atoms with Crippen molar-refractivity contribution in [2.45, 2.75) is 32.1 Å². The van der Waals surface area contributed by atoms with Crippen LogP contribution in [0.25, 0.3) is 0 Å². The van der Waals surface area contributed by atoms with Crippen LogP contribution in [0.15, 0.2) is 6.20 Å². The molecule has 0 spiro atoms. The van der Waals surface area contributed by atoms with Gasteiger partial charge in [0.2, 0.25) is 11.1 Å². The van der Waals surface area contributed by atoms with Gasteiger partial charge in [0, 0.05) is 12.0 Å². The molecule has 0 unspecified atom stereocenters. The smallest absolute Gasteiger partial charge is 0.329 e. The summed E-state index contributed by atoms with van der Waals surface area (Å²) in [4.78, 5) is 17.9. The maximum Gasteiger partial charge on any atom is 0.329 e. The van der Waals surface area contributed by atoms with E-state index in [4.69, 9.17) is 11.6 Å². The standard InChI is InChI=1S/C12H17ClN4O3/c13-11-14-6-9(17(19)20)10(16-11)15-7-12(8-18)4-2-1-3-5-12/h6,18H,1-5,7-8H2,(H,14,15,16). The molecule has 110 valence electrons. The van der Waals surface area contributed by atoms with Crippen molar-refractivity contribution < 1.29 is 10.0 Å². The van der Waals surface area contributed by atoms with Crippen molar-refractivity contribution in [3.8, 4) is 0 Å². The van der Waals surface area contributed by atoms with Crippen molar-refractivity contribution in [1.82, 2.24) is 9.97 Å². The highest BCUT2D eigenvalue weighted by atomic mass is 35.5. The zero-order chi connectivity index (χ0) is 14.6. The quantitative estimate of drug-likeness (QED) is 0.492. The molecule has 7 nitrogen and oxygen atoms in total. The third kappa shape index (κ3) is 3.34. The lowest BCUT2D eigenvalue weighted by Crippen LogP contribution is -2.35. The predicted molar refractivity (Wildman–Crippen MR) is 74.8 cm³/mol. The number of hydrogen-bond acceptors (Lipinski definition) is 6. The fourth-order valence-corrected chi connectivity index (χ4v) is 2.71. The number of halogens is 1. The molecule has 1 aromatic rings. The lowest BCUT2D eigenvalue weighted by Gasteiger charge is -2.35. The molecule has 1 heterocycles. The van der Waals surface area contributed by atoms with Gasteiger partial charge in [-0.05, 0) is 24.4 Å². The Morgan fingerprint density at radius 1 is 1.45 bits per heavy atom. The van der Waals surface area contributed by atoms with E-state index in [-0.39, 0.29) is 28.8 Å². The molecule has 1 aliphatic rings. The molecule has 1 aliphatic carbocycles. The zero-order valence-electron chi connectivity index (χ0n) is 11.0. The van der Waals surface area contributed by atoms with Crippen molar-refractivity contribution in [1.29, 1.82) is 0 Å². The number of aromatic nitrogens is 2. The summed E-state index contributed by atoms with van der Waals surface area (Å²) >= 11 is 5.68. The third-order valence-corrected chi connectivity index (χ3v) is 4.00. The maximum absolute atomic E-state index is 10.9. The van der Waals surface area contributed by atoms with Gasteiger partial charge in [0.05, 0.1) is 11.5 Å². The monoisotopic (exact) mass is 300 g/mol.